The van der Waals surface area contributed by atoms with Gasteiger partial charge >= 0.3 is 12.2 Å². The Morgan fingerprint density at radius 3 is 2.53 bits per heavy atom. The number of ether oxygens (including phenoxy) is 4. The van der Waals surface area contributed by atoms with Gasteiger partial charge in [-0.25, -0.2) is 19.6 Å². The molecular formula is C50H58N8O8. The number of nitrogens with zero attached hydrogens (tertiary/aromatic N) is 4. The molecule has 0 spiro atoms. The summed E-state index contributed by atoms with van der Waals surface area (Å²) in [6.07, 6.45) is 13.8. The van der Waals surface area contributed by atoms with E-state index in [4.69, 9.17) is 28.9 Å². The van der Waals surface area contributed by atoms with Gasteiger partial charge in [-0.1, -0.05) is 62.3 Å². The first kappa shape index (κ1) is 44.5. The lowest BCUT2D eigenvalue weighted by atomic mass is 9.91. The van der Waals surface area contributed by atoms with Crippen LogP contribution in [0.3, 0.4) is 0 Å². The lowest BCUT2D eigenvalue weighted by Gasteiger charge is -2.31. The maximum atomic E-state index is 14.3. The van der Waals surface area contributed by atoms with Crippen molar-refractivity contribution < 1.29 is 38.1 Å². The summed E-state index contributed by atoms with van der Waals surface area (Å²) in [5.41, 5.74) is 6.53. The number of fused-ring (bicyclic) bond motifs is 6. The van der Waals surface area contributed by atoms with Gasteiger partial charge in [-0.05, 0) is 91.3 Å². The zero-order chi connectivity index (χ0) is 46.1. The average Bonchev–Trinajstić information content (AvgIpc) is 4.19. The van der Waals surface area contributed by atoms with Gasteiger partial charge in [-0.2, -0.15) is 0 Å². The number of likely N-dealkylation sites (tertiary alicyclic amines) is 2. The first-order valence-electron chi connectivity index (χ1n) is 23.0. The molecule has 0 bridgehead atoms. The number of hydrogen-bond donors (Lipinski definition) is 4. The number of benzene rings is 3. The third-order valence-corrected chi connectivity index (χ3v) is 13.8. The Hall–Kier alpha value is -6.68. The Morgan fingerprint density at radius 2 is 1.76 bits per heavy atom. The summed E-state index contributed by atoms with van der Waals surface area (Å²) in [5.74, 6) is 1.87. The molecule has 4 amide bonds. The number of H-pyrrole nitrogens is 2. The molecule has 3 aliphatic heterocycles. The molecule has 16 heteroatoms. The normalized spacial score (nSPS) is 21.2. The molecule has 9 rings (SSSR count). The SMILES string of the molecule is CCCCC1CC(c2nc3c(ccc4cc5c(cc43)OCc3cc(-c4cnc(C6CCCN6C(=O)C(NC(=O)OC)C6C=CC=CC6)[nH]4)ccc3-5)[nH]2)N(C(=O)C(NC(=O)OC)C(C)OC)C1. The second-order valence-electron chi connectivity index (χ2n) is 17.8. The van der Waals surface area contributed by atoms with E-state index in [-0.39, 0.29) is 35.7 Å². The zero-order valence-electron chi connectivity index (χ0n) is 38.1. The molecule has 4 N–H and O–H groups in total. The molecule has 7 atom stereocenters. The number of carbonyl (C=O) groups is 4. The van der Waals surface area contributed by atoms with E-state index in [9.17, 15) is 19.2 Å². The molecule has 0 saturated carbocycles. The van der Waals surface area contributed by atoms with Crippen LogP contribution in [0.2, 0.25) is 0 Å². The topological polar surface area (TPSA) is 193 Å². The summed E-state index contributed by atoms with van der Waals surface area (Å²) < 4.78 is 21.8. The number of aromatic nitrogens is 4. The van der Waals surface area contributed by atoms with Crippen molar-refractivity contribution in [1.29, 1.82) is 0 Å². The fourth-order valence-corrected chi connectivity index (χ4v) is 10.2. The van der Waals surface area contributed by atoms with Gasteiger partial charge in [-0.15, -0.1) is 0 Å². The van der Waals surface area contributed by atoms with E-state index in [0.717, 1.165) is 94.0 Å². The first-order chi connectivity index (χ1) is 32.1. The summed E-state index contributed by atoms with van der Waals surface area (Å²) in [6, 6.07) is 12.4. The molecule has 3 aromatic carbocycles. The van der Waals surface area contributed by atoms with Crippen LogP contribution in [0.4, 0.5) is 9.59 Å². The molecular weight excluding hydrogens is 841 g/mol. The highest BCUT2D eigenvalue weighted by Crippen LogP contribution is 2.44. The Bertz CT molecular complexity index is 2710. The molecule has 7 unspecified atom stereocenters. The largest absolute Gasteiger partial charge is 0.488 e. The number of allylic oxidation sites excluding steroid dienone is 3. The van der Waals surface area contributed by atoms with Crippen LogP contribution < -0.4 is 15.4 Å². The number of unbranched alkanes of at least 4 members (excludes halogenated alkanes) is 1. The highest BCUT2D eigenvalue weighted by molar-refractivity contribution is 6.07. The minimum atomic E-state index is -0.931. The van der Waals surface area contributed by atoms with E-state index >= 15 is 0 Å². The number of hydrogen-bond acceptors (Lipinski definition) is 10. The maximum absolute atomic E-state index is 14.3. The molecule has 2 fully saturated rings. The van der Waals surface area contributed by atoms with Gasteiger partial charge in [-0.3, -0.25) is 9.59 Å². The molecule has 5 heterocycles. The molecule has 5 aromatic rings. The first-order valence-corrected chi connectivity index (χ1v) is 23.0. The molecule has 4 aliphatic rings. The number of alkyl carbamates (subject to hydrolysis) is 2. The Balaban J connectivity index is 0.963. The minimum absolute atomic E-state index is 0.155. The van der Waals surface area contributed by atoms with Gasteiger partial charge in [0.2, 0.25) is 11.8 Å². The highest BCUT2D eigenvalue weighted by Gasteiger charge is 2.43. The number of carbonyl (C=O) groups excluding carboxylic acids is 4. The van der Waals surface area contributed by atoms with Crippen molar-refractivity contribution in [2.45, 2.75) is 95.7 Å². The highest BCUT2D eigenvalue weighted by atomic mass is 16.5. The van der Waals surface area contributed by atoms with Crippen LogP contribution in [-0.4, -0.2) is 106 Å². The molecule has 346 valence electrons. The summed E-state index contributed by atoms with van der Waals surface area (Å²) >= 11 is 0. The van der Waals surface area contributed by atoms with Crippen LogP contribution in [0.25, 0.3) is 44.2 Å². The Kier molecular flexibility index (Phi) is 12.8. The molecule has 0 radical (unpaired) electrons. The van der Waals surface area contributed by atoms with E-state index in [1.165, 1.54) is 21.3 Å². The third kappa shape index (κ3) is 8.61. The van der Waals surface area contributed by atoms with Crippen LogP contribution >= 0.6 is 0 Å². The van der Waals surface area contributed by atoms with Gasteiger partial charge in [0.15, 0.2) is 0 Å². The third-order valence-electron chi connectivity index (χ3n) is 13.8. The summed E-state index contributed by atoms with van der Waals surface area (Å²) in [7, 11) is 4.09. The van der Waals surface area contributed by atoms with Gasteiger partial charge in [0.05, 0.1) is 55.3 Å². The van der Waals surface area contributed by atoms with Crippen LogP contribution in [0, 0.1) is 11.8 Å². The van der Waals surface area contributed by atoms with Crippen molar-refractivity contribution in [3.05, 3.63) is 90.2 Å². The number of rotatable bonds is 13. The van der Waals surface area contributed by atoms with Crippen molar-refractivity contribution in [1.82, 2.24) is 40.4 Å². The van der Waals surface area contributed by atoms with E-state index in [1.807, 2.05) is 46.4 Å². The fraction of sp³-hybridized carbons (Fsp3) is 0.440. The summed E-state index contributed by atoms with van der Waals surface area (Å²) in [4.78, 5) is 73.7. The predicted octanol–water partition coefficient (Wildman–Crippen LogP) is 8.03. The second-order valence-corrected chi connectivity index (χ2v) is 17.8. The van der Waals surface area contributed by atoms with Gasteiger partial charge in [0.25, 0.3) is 0 Å². The van der Waals surface area contributed by atoms with Gasteiger partial charge < -0.3 is 49.3 Å². The lowest BCUT2D eigenvalue weighted by Crippen LogP contribution is -2.54. The average molecular weight is 899 g/mol. The number of aromatic amines is 2. The van der Waals surface area contributed by atoms with Crippen molar-refractivity contribution >= 4 is 45.8 Å². The molecule has 16 nitrogen and oxygen atoms in total. The number of amides is 4. The van der Waals surface area contributed by atoms with Crippen LogP contribution in [0.5, 0.6) is 5.75 Å². The van der Waals surface area contributed by atoms with Crippen LogP contribution in [0.1, 0.15) is 88.1 Å². The minimum Gasteiger partial charge on any atom is -0.488 e. The number of imidazole rings is 2. The van der Waals surface area contributed by atoms with Crippen molar-refractivity contribution in [3.8, 4) is 28.1 Å². The van der Waals surface area contributed by atoms with Crippen LogP contribution in [0.15, 0.2) is 73.0 Å². The summed E-state index contributed by atoms with van der Waals surface area (Å²) in [5, 5.41) is 7.44. The Morgan fingerprint density at radius 1 is 0.924 bits per heavy atom. The monoisotopic (exact) mass is 898 g/mol. The zero-order valence-corrected chi connectivity index (χ0v) is 38.1. The van der Waals surface area contributed by atoms with Gasteiger partial charge in [0, 0.05) is 37.1 Å². The standard InChI is InChI=1S/C50H58N8O8/c1-6-7-12-29-21-40(58(26-29)47(59)42(28(2)63-3)55-49(61)64-4)46-52-37-19-17-31-23-36-34-18-16-32(22-33(34)27-66-41(36)24-35(31)44(37)54-46)38-25-51-45(53-38)39-15-11-20-57(39)48(60)43(56-50(62)65-5)30-13-9-8-10-14-30/h8-10,13,16-19,22-25,28-30,39-40,42-43H,6-7,11-12,14-15,20-21,26-27H2,1-5H3,(H,51,53)(H,52,54)(H,55,61)(H,56,62). The number of nitrogens with one attached hydrogen (secondary N) is 4. The molecule has 1 aliphatic carbocycles. The molecule has 2 aromatic heterocycles. The van der Waals surface area contributed by atoms with Crippen LogP contribution in [-0.2, 0) is 30.4 Å². The maximum Gasteiger partial charge on any atom is 0.407 e. The Labute approximate surface area is 383 Å². The number of methoxy groups -OCH3 is 3. The van der Waals surface area contributed by atoms with E-state index < -0.39 is 30.4 Å². The van der Waals surface area contributed by atoms with E-state index in [0.29, 0.717) is 37.8 Å². The predicted molar refractivity (Wildman–Crippen MR) is 248 cm³/mol. The van der Waals surface area contributed by atoms with E-state index in [1.54, 1.807) is 6.92 Å². The van der Waals surface area contributed by atoms with Crippen molar-refractivity contribution in [3.63, 3.8) is 0 Å². The second kappa shape index (κ2) is 19.0. The quantitative estimate of drug-likeness (QED) is 0.0900. The fourth-order valence-electron chi connectivity index (χ4n) is 10.2. The summed E-state index contributed by atoms with van der Waals surface area (Å²) in [6.45, 7) is 5.41. The van der Waals surface area contributed by atoms with Crippen molar-refractivity contribution in [2.24, 2.45) is 11.8 Å². The lowest BCUT2D eigenvalue weighted by molar-refractivity contribution is -0.138. The smallest absolute Gasteiger partial charge is 0.407 e. The van der Waals surface area contributed by atoms with Gasteiger partial charge in [0.1, 0.15) is 36.1 Å². The molecule has 2 saturated heterocycles. The van der Waals surface area contributed by atoms with E-state index in [2.05, 4.69) is 63.9 Å². The molecule has 66 heavy (non-hydrogen) atoms. The van der Waals surface area contributed by atoms with Crippen molar-refractivity contribution in [2.75, 3.05) is 34.4 Å².